The van der Waals surface area contributed by atoms with Gasteiger partial charge >= 0.3 is 0 Å². The minimum Gasteiger partial charge on any atom is -0.276 e. The molecule has 0 fully saturated rings. The van der Waals surface area contributed by atoms with Gasteiger partial charge in [-0.1, -0.05) is 87.0 Å². The summed E-state index contributed by atoms with van der Waals surface area (Å²) in [6.45, 7) is 6.56. The fraction of sp³-hybridized carbons (Fsp3) is 0.148. The number of carbonyl (C=O) groups excluding carboxylic acids is 1. The molecule has 3 aromatic rings. The lowest BCUT2D eigenvalue weighted by Crippen LogP contribution is -2.25. The van der Waals surface area contributed by atoms with Crippen LogP contribution in [0.1, 0.15) is 37.5 Å². The molecule has 3 heteroatoms. The second-order valence-corrected chi connectivity index (χ2v) is 8.92. The summed E-state index contributed by atoms with van der Waals surface area (Å²) >= 11 is 6.00. The molecule has 0 saturated carbocycles. The van der Waals surface area contributed by atoms with E-state index in [9.17, 15) is 4.79 Å². The molecule has 150 valence electrons. The molecule has 2 nitrogen and oxygen atoms in total. The fourth-order valence-corrected chi connectivity index (χ4v) is 3.67. The Bertz CT molecular complexity index is 1120. The van der Waals surface area contributed by atoms with Crippen molar-refractivity contribution in [3.05, 3.63) is 112 Å². The predicted octanol–water partition coefficient (Wildman–Crippen LogP) is 7.11. The Kier molecular flexibility index (Phi) is 5.36. The van der Waals surface area contributed by atoms with Crippen LogP contribution in [0, 0.1) is 0 Å². The van der Waals surface area contributed by atoms with E-state index in [0.717, 1.165) is 22.5 Å². The largest absolute Gasteiger partial charge is 0.276 e. The zero-order valence-electron chi connectivity index (χ0n) is 17.4. The van der Waals surface area contributed by atoms with Gasteiger partial charge in [-0.15, -0.1) is 0 Å². The number of rotatable bonds is 3. The lowest BCUT2D eigenvalue weighted by atomic mass is 9.87. The van der Waals surface area contributed by atoms with Crippen molar-refractivity contribution in [2.45, 2.75) is 26.2 Å². The van der Waals surface area contributed by atoms with Gasteiger partial charge in [0.25, 0.3) is 5.91 Å². The van der Waals surface area contributed by atoms with Gasteiger partial charge < -0.3 is 0 Å². The van der Waals surface area contributed by atoms with E-state index in [0.29, 0.717) is 10.6 Å². The molecule has 0 aliphatic carbocycles. The molecule has 0 unspecified atom stereocenters. The molecule has 0 N–H and O–H groups in total. The van der Waals surface area contributed by atoms with Crippen molar-refractivity contribution < 1.29 is 4.79 Å². The van der Waals surface area contributed by atoms with E-state index in [1.807, 2.05) is 78.9 Å². The minimum atomic E-state index is -0.0349. The lowest BCUT2D eigenvalue weighted by molar-refractivity contribution is -0.113. The van der Waals surface area contributed by atoms with E-state index in [2.05, 4.69) is 32.9 Å². The average molecular weight is 414 g/mol. The van der Waals surface area contributed by atoms with Crippen molar-refractivity contribution in [1.82, 2.24) is 0 Å². The van der Waals surface area contributed by atoms with Crippen molar-refractivity contribution in [3.63, 3.8) is 0 Å². The van der Waals surface area contributed by atoms with Gasteiger partial charge in [0.1, 0.15) is 0 Å². The normalized spacial score (nSPS) is 15.6. The highest BCUT2D eigenvalue weighted by atomic mass is 35.5. The Balaban J connectivity index is 1.77. The van der Waals surface area contributed by atoms with Crippen LogP contribution >= 0.6 is 11.6 Å². The quantitative estimate of drug-likeness (QED) is 0.419. The number of hydrogen-bond acceptors (Lipinski definition) is 1. The SMILES string of the molecule is CC(C)(C)c1ccc(N2C(=O)/C(=C/c3ccc(Cl)cc3)C=C2c2ccccc2)cc1. The third-order valence-electron chi connectivity index (χ3n) is 5.24. The predicted molar refractivity (Wildman–Crippen MR) is 126 cm³/mol. The highest BCUT2D eigenvalue weighted by Gasteiger charge is 2.30. The standard InChI is InChI=1S/C27H24ClNO/c1-27(2,3)22-11-15-24(16-12-22)29-25(20-7-5-4-6-8-20)18-21(26(29)30)17-19-9-13-23(28)14-10-19/h4-18H,1-3H3/b21-17+. The topological polar surface area (TPSA) is 20.3 Å². The number of carbonyl (C=O) groups is 1. The number of nitrogens with zero attached hydrogens (tertiary/aromatic N) is 1. The van der Waals surface area contributed by atoms with Gasteiger partial charge in [0.05, 0.1) is 5.70 Å². The van der Waals surface area contributed by atoms with Crippen LogP contribution in [0.2, 0.25) is 5.02 Å². The van der Waals surface area contributed by atoms with Gasteiger partial charge in [-0.05, 0) is 58.5 Å². The summed E-state index contributed by atoms with van der Waals surface area (Å²) in [5.74, 6) is -0.0349. The Morgan fingerprint density at radius 3 is 2.07 bits per heavy atom. The first kappa shape index (κ1) is 20.2. The summed E-state index contributed by atoms with van der Waals surface area (Å²) in [4.78, 5) is 15.2. The van der Waals surface area contributed by atoms with Crippen molar-refractivity contribution >= 4 is 35.0 Å². The summed E-state index contributed by atoms with van der Waals surface area (Å²) in [5, 5.41) is 0.677. The molecule has 1 aliphatic heterocycles. The van der Waals surface area contributed by atoms with E-state index < -0.39 is 0 Å². The first-order valence-corrected chi connectivity index (χ1v) is 10.4. The number of halogens is 1. The smallest absolute Gasteiger partial charge is 0.262 e. The average Bonchev–Trinajstić information content (AvgIpc) is 3.06. The van der Waals surface area contributed by atoms with Crippen molar-refractivity contribution in [2.75, 3.05) is 4.90 Å². The Hall–Kier alpha value is -3.10. The van der Waals surface area contributed by atoms with Crippen LogP contribution in [0.3, 0.4) is 0 Å². The summed E-state index contributed by atoms with van der Waals surface area (Å²) in [5.41, 5.74) is 5.63. The molecule has 0 saturated heterocycles. The molecule has 0 atom stereocenters. The Morgan fingerprint density at radius 1 is 0.833 bits per heavy atom. The third kappa shape index (κ3) is 4.10. The molecule has 30 heavy (non-hydrogen) atoms. The molecule has 0 spiro atoms. The first-order chi connectivity index (χ1) is 14.3. The van der Waals surface area contributed by atoms with Crippen LogP contribution in [0.4, 0.5) is 5.69 Å². The second-order valence-electron chi connectivity index (χ2n) is 8.48. The number of anilines is 1. The molecular weight excluding hydrogens is 390 g/mol. The van der Waals surface area contributed by atoms with E-state index in [-0.39, 0.29) is 11.3 Å². The van der Waals surface area contributed by atoms with Crippen LogP contribution in [-0.2, 0) is 10.2 Å². The number of amides is 1. The van der Waals surface area contributed by atoms with Gasteiger partial charge in [0.15, 0.2) is 0 Å². The minimum absolute atomic E-state index is 0.0349. The van der Waals surface area contributed by atoms with E-state index in [1.165, 1.54) is 5.56 Å². The van der Waals surface area contributed by atoms with E-state index >= 15 is 0 Å². The van der Waals surface area contributed by atoms with Crippen LogP contribution in [0.5, 0.6) is 0 Å². The van der Waals surface area contributed by atoms with E-state index in [1.54, 1.807) is 4.90 Å². The van der Waals surface area contributed by atoms with Crippen LogP contribution in [0.25, 0.3) is 11.8 Å². The Labute approximate surface area is 183 Å². The molecule has 0 bridgehead atoms. The molecule has 1 amide bonds. The summed E-state index contributed by atoms with van der Waals surface area (Å²) in [6.07, 6.45) is 3.87. The molecule has 0 radical (unpaired) electrons. The van der Waals surface area contributed by atoms with Gasteiger partial charge in [0, 0.05) is 16.3 Å². The lowest BCUT2D eigenvalue weighted by Gasteiger charge is -2.23. The fourth-order valence-electron chi connectivity index (χ4n) is 3.54. The van der Waals surface area contributed by atoms with Crippen LogP contribution < -0.4 is 4.90 Å². The summed E-state index contributed by atoms with van der Waals surface area (Å²) in [6, 6.07) is 25.8. The molecule has 4 rings (SSSR count). The summed E-state index contributed by atoms with van der Waals surface area (Å²) in [7, 11) is 0. The maximum Gasteiger partial charge on any atom is 0.262 e. The summed E-state index contributed by atoms with van der Waals surface area (Å²) < 4.78 is 0. The van der Waals surface area contributed by atoms with Crippen molar-refractivity contribution in [1.29, 1.82) is 0 Å². The van der Waals surface area contributed by atoms with Crippen LogP contribution in [0.15, 0.2) is 90.5 Å². The Morgan fingerprint density at radius 2 is 1.47 bits per heavy atom. The zero-order valence-corrected chi connectivity index (χ0v) is 18.1. The highest BCUT2D eigenvalue weighted by Crippen LogP contribution is 2.36. The molecule has 1 aliphatic rings. The molecule has 1 heterocycles. The van der Waals surface area contributed by atoms with Crippen molar-refractivity contribution in [3.8, 4) is 0 Å². The van der Waals surface area contributed by atoms with Crippen LogP contribution in [-0.4, -0.2) is 5.91 Å². The first-order valence-electron chi connectivity index (χ1n) is 10.0. The van der Waals surface area contributed by atoms with Crippen molar-refractivity contribution in [2.24, 2.45) is 0 Å². The van der Waals surface area contributed by atoms with Gasteiger partial charge in [0.2, 0.25) is 0 Å². The zero-order chi connectivity index (χ0) is 21.3. The molecule has 3 aromatic carbocycles. The third-order valence-corrected chi connectivity index (χ3v) is 5.49. The highest BCUT2D eigenvalue weighted by molar-refractivity contribution is 6.30. The van der Waals surface area contributed by atoms with Gasteiger partial charge in [-0.25, -0.2) is 0 Å². The number of benzene rings is 3. The van der Waals surface area contributed by atoms with E-state index in [4.69, 9.17) is 11.6 Å². The molecular formula is C27H24ClNO. The maximum absolute atomic E-state index is 13.4. The number of hydrogen-bond donors (Lipinski definition) is 0. The monoisotopic (exact) mass is 413 g/mol. The van der Waals surface area contributed by atoms with Gasteiger partial charge in [-0.2, -0.15) is 0 Å². The second kappa shape index (κ2) is 7.97. The maximum atomic E-state index is 13.4. The molecule has 0 aromatic heterocycles. The van der Waals surface area contributed by atoms with Gasteiger partial charge in [-0.3, -0.25) is 9.69 Å².